The van der Waals surface area contributed by atoms with E-state index in [-0.39, 0.29) is 24.1 Å². The molecule has 0 aliphatic carbocycles. The van der Waals surface area contributed by atoms with Crippen LogP contribution in [0.15, 0.2) is 42.5 Å². The summed E-state index contributed by atoms with van der Waals surface area (Å²) in [6.45, 7) is 8.33. The molecule has 2 aromatic rings. The van der Waals surface area contributed by atoms with Gasteiger partial charge in [0.2, 0.25) is 5.52 Å². The van der Waals surface area contributed by atoms with Crippen molar-refractivity contribution >= 4 is 23.9 Å². The number of aryl methyl sites for hydroxylation is 3. The number of esters is 1. The third kappa shape index (κ3) is 8.24. The Hall–Kier alpha value is -2.19. The fourth-order valence-electron chi connectivity index (χ4n) is 4.46. The van der Waals surface area contributed by atoms with Gasteiger partial charge in [-0.15, -0.1) is 0 Å². The van der Waals surface area contributed by atoms with Gasteiger partial charge in [0, 0.05) is 17.0 Å². The van der Waals surface area contributed by atoms with Crippen LogP contribution in [0, 0.1) is 20.8 Å². The van der Waals surface area contributed by atoms with Crippen molar-refractivity contribution in [2.45, 2.75) is 85.5 Å². The highest BCUT2D eigenvalue weighted by Crippen LogP contribution is 2.49. The maximum atomic E-state index is 14.2. The molecule has 4 nitrogen and oxygen atoms in total. The summed E-state index contributed by atoms with van der Waals surface area (Å²) in [5, 5.41) is 0.496. The van der Waals surface area contributed by atoms with E-state index >= 15 is 0 Å². The predicted molar refractivity (Wildman–Crippen MR) is 142 cm³/mol. The summed E-state index contributed by atoms with van der Waals surface area (Å²) in [6.07, 6.45) is 9.37. The van der Waals surface area contributed by atoms with Gasteiger partial charge in [0.25, 0.3) is 0 Å². The maximum absolute atomic E-state index is 14.2. The lowest BCUT2D eigenvalue weighted by Gasteiger charge is -2.20. The first-order chi connectivity index (χ1) is 16.3. The third-order valence-electron chi connectivity index (χ3n) is 6.28. The van der Waals surface area contributed by atoms with E-state index in [1.54, 1.807) is 24.3 Å². The first-order valence-corrected chi connectivity index (χ1v) is 14.6. The minimum Gasteiger partial charge on any atom is -0.466 e. The van der Waals surface area contributed by atoms with Gasteiger partial charge in [-0.3, -0.25) is 9.59 Å². The molecule has 34 heavy (non-hydrogen) atoms. The molecule has 2 rings (SSSR count). The molecule has 0 bridgehead atoms. The number of carbonyl (C=O) groups is 2. The highest BCUT2D eigenvalue weighted by Gasteiger charge is 2.36. The number of hydrogen-bond donors (Lipinski definition) is 0. The molecule has 2 aromatic carbocycles. The smallest absolute Gasteiger partial charge is 0.306 e. The molecule has 0 radical (unpaired) electrons. The summed E-state index contributed by atoms with van der Waals surface area (Å²) in [5.41, 5.74) is 2.83. The molecular formula is C29H41O4P. The Bertz CT molecular complexity index is 958. The second-order valence-corrected chi connectivity index (χ2v) is 12.2. The highest BCUT2D eigenvalue weighted by atomic mass is 31.2. The van der Waals surface area contributed by atoms with Crippen LogP contribution in [-0.4, -0.2) is 24.3 Å². The molecule has 1 atom stereocenters. The van der Waals surface area contributed by atoms with Crippen LogP contribution in [0.3, 0.4) is 0 Å². The lowest BCUT2D eigenvalue weighted by Crippen LogP contribution is -2.20. The van der Waals surface area contributed by atoms with E-state index in [4.69, 9.17) is 4.74 Å². The third-order valence-corrected chi connectivity index (χ3v) is 9.15. The molecule has 0 saturated heterocycles. The first kappa shape index (κ1) is 28.1. The Morgan fingerprint density at radius 1 is 0.824 bits per heavy atom. The molecule has 5 heteroatoms. The number of hydrogen-bond acceptors (Lipinski definition) is 4. The second-order valence-electron chi connectivity index (χ2n) is 9.32. The van der Waals surface area contributed by atoms with Crippen LogP contribution in [0.5, 0.6) is 0 Å². The zero-order valence-electron chi connectivity index (χ0n) is 21.4. The van der Waals surface area contributed by atoms with Crippen molar-refractivity contribution in [1.29, 1.82) is 0 Å². The standard InChI is InChI=1S/C29H41O4P/c1-5-6-7-8-9-10-11-15-19-33-27(30)18-20-34(32,26-16-13-12-14-17-26)29(31)28-24(3)21-23(2)22-25(28)4/h12-14,16-17,21-22H,5-11,15,18-20H2,1-4H3. The number of ether oxygens (including phenoxy) is 1. The molecule has 0 amide bonds. The summed E-state index contributed by atoms with van der Waals surface area (Å²) in [4.78, 5) is 26.1. The van der Waals surface area contributed by atoms with Crippen molar-refractivity contribution in [3.8, 4) is 0 Å². The van der Waals surface area contributed by atoms with Crippen LogP contribution in [0.4, 0.5) is 0 Å². The monoisotopic (exact) mass is 484 g/mol. The number of rotatable bonds is 15. The number of carbonyl (C=O) groups excluding carboxylic acids is 2. The molecular weight excluding hydrogens is 443 g/mol. The zero-order valence-corrected chi connectivity index (χ0v) is 22.3. The SMILES string of the molecule is CCCCCCCCCCOC(=O)CCP(=O)(C(=O)c1c(C)cc(C)cc1C)c1ccccc1. The van der Waals surface area contributed by atoms with Gasteiger partial charge in [-0.05, 0) is 38.3 Å². The molecule has 0 heterocycles. The summed E-state index contributed by atoms with van der Waals surface area (Å²) < 4.78 is 19.6. The van der Waals surface area contributed by atoms with Gasteiger partial charge >= 0.3 is 5.97 Å². The summed E-state index contributed by atoms with van der Waals surface area (Å²) in [7, 11) is -3.51. The fourth-order valence-corrected chi connectivity index (χ4v) is 7.02. The van der Waals surface area contributed by atoms with E-state index in [2.05, 4.69) is 6.92 Å². The van der Waals surface area contributed by atoms with Gasteiger partial charge in [-0.2, -0.15) is 0 Å². The molecule has 1 unspecified atom stereocenters. The normalized spacial score (nSPS) is 12.8. The quantitative estimate of drug-likeness (QED) is 0.149. The average Bonchev–Trinajstić information content (AvgIpc) is 2.81. The minimum absolute atomic E-state index is 0.0150. The lowest BCUT2D eigenvalue weighted by atomic mass is 10.0. The molecule has 0 N–H and O–H groups in total. The highest BCUT2D eigenvalue weighted by molar-refractivity contribution is 7.87. The average molecular weight is 485 g/mol. The van der Waals surface area contributed by atoms with Gasteiger partial charge in [0.1, 0.15) is 0 Å². The van der Waals surface area contributed by atoms with Crippen molar-refractivity contribution in [3.63, 3.8) is 0 Å². The molecule has 0 aliphatic rings. The molecule has 0 spiro atoms. The van der Waals surface area contributed by atoms with Gasteiger partial charge in [-0.1, -0.05) is 99.9 Å². The van der Waals surface area contributed by atoms with Crippen molar-refractivity contribution in [1.82, 2.24) is 0 Å². The Balaban J connectivity index is 1.98. The van der Waals surface area contributed by atoms with Gasteiger partial charge in [0.15, 0.2) is 7.14 Å². The number of unbranched alkanes of at least 4 members (excludes halogenated alkanes) is 7. The Morgan fingerprint density at radius 3 is 1.97 bits per heavy atom. The van der Waals surface area contributed by atoms with Crippen LogP contribution < -0.4 is 5.30 Å². The Kier molecular flexibility index (Phi) is 11.8. The van der Waals surface area contributed by atoms with E-state index in [9.17, 15) is 14.2 Å². The van der Waals surface area contributed by atoms with E-state index in [1.165, 1.54) is 32.1 Å². The fraction of sp³-hybridized carbons (Fsp3) is 0.517. The van der Waals surface area contributed by atoms with Crippen LogP contribution in [0.1, 0.15) is 91.8 Å². The van der Waals surface area contributed by atoms with E-state index in [0.717, 1.165) is 36.0 Å². The Morgan fingerprint density at radius 2 is 1.38 bits per heavy atom. The van der Waals surface area contributed by atoms with Crippen LogP contribution >= 0.6 is 7.14 Å². The van der Waals surface area contributed by atoms with Gasteiger partial charge in [0.05, 0.1) is 13.0 Å². The molecule has 0 saturated carbocycles. The zero-order chi connectivity index (χ0) is 25.0. The van der Waals surface area contributed by atoms with Crippen LogP contribution in [0.25, 0.3) is 0 Å². The minimum atomic E-state index is -3.51. The summed E-state index contributed by atoms with van der Waals surface area (Å²) in [6, 6.07) is 12.7. The van der Waals surface area contributed by atoms with Crippen LogP contribution in [-0.2, 0) is 14.1 Å². The van der Waals surface area contributed by atoms with Crippen molar-refractivity contribution in [3.05, 3.63) is 64.7 Å². The second kappa shape index (κ2) is 14.3. The van der Waals surface area contributed by atoms with Crippen LogP contribution in [0.2, 0.25) is 0 Å². The van der Waals surface area contributed by atoms with Gasteiger partial charge < -0.3 is 9.30 Å². The molecule has 0 aliphatic heterocycles. The molecule has 0 fully saturated rings. The van der Waals surface area contributed by atoms with E-state index in [1.807, 2.05) is 39.0 Å². The van der Waals surface area contributed by atoms with Crippen molar-refractivity contribution < 1.29 is 18.9 Å². The molecule has 0 aromatic heterocycles. The van der Waals surface area contributed by atoms with Crippen molar-refractivity contribution in [2.24, 2.45) is 0 Å². The van der Waals surface area contributed by atoms with E-state index in [0.29, 0.717) is 17.5 Å². The van der Waals surface area contributed by atoms with E-state index < -0.39 is 7.14 Å². The maximum Gasteiger partial charge on any atom is 0.306 e. The lowest BCUT2D eigenvalue weighted by molar-refractivity contribution is -0.143. The van der Waals surface area contributed by atoms with Gasteiger partial charge in [-0.25, -0.2) is 0 Å². The largest absolute Gasteiger partial charge is 0.466 e. The Labute approximate surface area is 205 Å². The topological polar surface area (TPSA) is 60.4 Å². The molecule has 186 valence electrons. The first-order valence-electron chi connectivity index (χ1n) is 12.7. The number of benzene rings is 2. The van der Waals surface area contributed by atoms with Crippen molar-refractivity contribution in [2.75, 3.05) is 12.8 Å². The summed E-state index contributed by atoms with van der Waals surface area (Å²) >= 11 is 0. The predicted octanol–water partition coefficient (Wildman–Crippen LogP) is 7.51. The summed E-state index contributed by atoms with van der Waals surface area (Å²) in [5.74, 6) is -0.385.